The number of ether oxygens (including phenoxy) is 1. The fourth-order valence-electron chi connectivity index (χ4n) is 2.83. The summed E-state index contributed by atoms with van der Waals surface area (Å²) in [5.41, 5.74) is 4.50. The number of nitrogen functional groups attached to an aromatic ring is 1. The number of nitrogens with zero attached hydrogens (tertiary/aromatic N) is 2. The van der Waals surface area contributed by atoms with E-state index >= 15 is 0 Å². The molecule has 1 aromatic heterocycles. The Morgan fingerprint density at radius 2 is 2.04 bits per heavy atom. The van der Waals surface area contributed by atoms with E-state index in [0.717, 1.165) is 0 Å². The van der Waals surface area contributed by atoms with Gasteiger partial charge in [0.2, 0.25) is 0 Å². The van der Waals surface area contributed by atoms with Crippen LogP contribution in [0.5, 0.6) is 0 Å². The van der Waals surface area contributed by atoms with Crippen molar-refractivity contribution in [1.82, 2.24) is 9.55 Å². The molecule has 0 unspecified atom stereocenters. The van der Waals surface area contributed by atoms with E-state index in [-0.39, 0.29) is 31.4 Å². The Bertz CT molecular complexity index is 710. The Labute approximate surface area is 147 Å². The molecule has 2 N–H and O–H groups in total. The molecule has 140 valence electrons. The number of rotatable bonds is 9. The van der Waals surface area contributed by atoms with Crippen LogP contribution in [0.25, 0.3) is 0 Å². The maximum atomic E-state index is 12.6. The normalized spacial score (nSPS) is 23.2. The van der Waals surface area contributed by atoms with Gasteiger partial charge in [-0.2, -0.15) is 4.98 Å². The van der Waals surface area contributed by atoms with Crippen molar-refractivity contribution < 1.29 is 18.3 Å². The Morgan fingerprint density at radius 3 is 2.60 bits per heavy atom. The summed E-state index contributed by atoms with van der Waals surface area (Å²) in [6.45, 7) is 6.05. The van der Waals surface area contributed by atoms with Crippen LogP contribution < -0.4 is 11.4 Å². The van der Waals surface area contributed by atoms with Crippen LogP contribution in [-0.2, 0) is 18.3 Å². The molecule has 8 nitrogen and oxygen atoms in total. The van der Waals surface area contributed by atoms with Crippen molar-refractivity contribution in [2.45, 2.75) is 45.3 Å². The first kappa shape index (κ1) is 19.8. The van der Waals surface area contributed by atoms with E-state index in [2.05, 4.69) is 4.98 Å². The molecule has 0 saturated carbocycles. The third-order valence-electron chi connectivity index (χ3n) is 4.15. The van der Waals surface area contributed by atoms with Crippen LogP contribution in [-0.4, -0.2) is 34.7 Å². The van der Waals surface area contributed by atoms with Gasteiger partial charge in [-0.25, -0.2) is 4.79 Å². The van der Waals surface area contributed by atoms with Crippen LogP contribution in [0.2, 0.25) is 0 Å². The highest BCUT2D eigenvalue weighted by atomic mass is 31.2. The Morgan fingerprint density at radius 1 is 1.36 bits per heavy atom. The van der Waals surface area contributed by atoms with Crippen molar-refractivity contribution in [1.29, 1.82) is 0 Å². The zero-order valence-corrected chi connectivity index (χ0v) is 15.8. The van der Waals surface area contributed by atoms with Crippen molar-refractivity contribution in [2.75, 3.05) is 25.3 Å². The molecule has 0 aromatic carbocycles. The van der Waals surface area contributed by atoms with Gasteiger partial charge in [-0.15, -0.1) is 0 Å². The molecule has 0 radical (unpaired) electrons. The second-order valence-electron chi connectivity index (χ2n) is 5.81. The number of allylic oxidation sites excluding steroid dienone is 1. The van der Waals surface area contributed by atoms with Gasteiger partial charge in [0.1, 0.15) is 12.2 Å². The molecule has 1 heterocycles. The van der Waals surface area contributed by atoms with Gasteiger partial charge in [-0.05, 0) is 26.3 Å². The van der Waals surface area contributed by atoms with Gasteiger partial charge in [-0.1, -0.05) is 19.1 Å². The third kappa shape index (κ3) is 4.79. The van der Waals surface area contributed by atoms with Crippen molar-refractivity contribution in [3.63, 3.8) is 0 Å². The minimum absolute atomic E-state index is 0.130. The van der Waals surface area contributed by atoms with Crippen LogP contribution in [0.15, 0.2) is 29.2 Å². The van der Waals surface area contributed by atoms with E-state index in [1.165, 1.54) is 4.57 Å². The molecule has 0 fully saturated rings. The summed E-state index contributed by atoms with van der Waals surface area (Å²) in [4.78, 5) is 15.8. The third-order valence-corrected chi connectivity index (χ3v) is 5.89. The van der Waals surface area contributed by atoms with Gasteiger partial charge in [-0.3, -0.25) is 9.13 Å². The van der Waals surface area contributed by atoms with Gasteiger partial charge in [0.25, 0.3) is 0 Å². The van der Waals surface area contributed by atoms with E-state index in [0.29, 0.717) is 12.8 Å². The second kappa shape index (κ2) is 8.27. The summed E-state index contributed by atoms with van der Waals surface area (Å²) in [6.07, 6.45) is 6.49. The quantitative estimate of drug-likeness (QED) is 0.525. The van der Waals surface area contributed by atoms with Crippen LogP contribution in [0, 0.1) is 0 Å². The average molecular weight is 371 g/mol. The predicted octanol–water partition coefficient (Wildman–Crippen LogP) is 2.72. The number of hydrogen-bond acceptors (Lipinski definition) is 7. The van der Waals surface area contributed by atoms with Crippen LogP contribution >= 0.6 is 7.60 Å². The van der Waals surface area contributed by atoms with Crippen LogP contribution in [0.1, 0.15) is 39.7 Å². The lowest BCUT2D eigenvalue weighted by Crippen LogP contribution is -2.32. The Balaban J connectivity index is 2.11. The lowest BCUT2D eigenvalue weighted by Gasteiger charge is -2.30. The van der Waals surface area contributed by atoms with Gasteiger partial charge in [0, 0.05) is 12.6 Å². The zero-order chi connectivity index (χ0) is 18.5. The van der Waals surface area contributed by atoms with E-state index in [9.17, 15) is 9.36 Å². The maximum Gasteiger partial charge on any atom is 0.356 e. The Hall–Kier alpha value is -1.47. The summed E-state index contributed by atoms with van der Waals surface area (Å²) in [5, 5.41) is 0. The van der Waals surface area contributed by atoms with Crippen molar-refractivity contribution in [2.24, 2.45) is 0 Å². The first-order chi connectivity index (χ1) is 11.9. The molecular formula is C16H26N3O5P. The highest BCUT2D eigenvalue weighted by molar-refractivity contribution is 7.53. The maximum absolute atomic E-state index is 12.6. The molecule has 0 amide bonds. The minimum atomic E-state index is -3.29. The molecule has 1 aliphatic rings. The standard InChI is InChI=1S/C16H26N3O5P/c1-4-16(22-12-25(21,23-5-2)24-6-3)9-7-13(11-16)19-10-8-14(17)18-15(19)20/h7-10,13H,4-6,11-12H2,1-3H3,(H2,17,18,20)/t13-,16+/m0/s1. The number of anilines is 1. The van der Waals surface area contributed by atoms with Crippen LogP contribution in [0.3, 0.4) is 0 Å². The molecule has 25 heavy (non-hydrogen) atoms. The summed E-state index contributed by atoms with van der Waals surface area (Å²) >= 11 is 0. The van der Waals surface area contributed by atoms with Crippen molar-refractivity contribution in [3.05, 3.63) is 34.9 Å². The highest BCUT2D eigenvalue weighted by Gasteiger charge is 2.38. The zero-order valence-electron chi connectivity index (χ0n) is 14.9. The summed E-state index contributed by atoms with van der Waals surface area (Å²) in [6, 6.07) is 1.39. The summed E-state index contributed by atoms with van der Waals surface area (Å²) in [5.74, 6) is 0.190. The highest BCUT2D eigenvalue weighted by Crippen LogP contribution is 2.50. The summed E-state index contributed by atoms with van der Waals surface area (Å²) in [7, 11) is -3.29. The molecule has 0 bridgehead atoms. The van der Waals surface area contributed by atoms with Crippen LogP contribution in [0.4, 0.5) is 5.82 Å². The molecule has 0 aliphatic heterocycles. The molecule has 2 rings (SSSR count). The van der Waals surface area contributed by atoms with Crippen molar-refractivity contribution >= 4 is 13.4 Å². The van der Waals surface area contributed by atoms with Gasteiger partial charge in [0.05, 0.1) is 24.9 Å². The Kier molecular flexibility index (Phi) is 6.57. The molecular weight excluding hydrogens is 345 g/mol. The molecule has 0 saturated heterocycles. The monoisotopic (exact) mass is 371 g/mol. The number of hydrogen-bond donors (Lipinski definition) is 1. The SMILES string of the molecule is CCOP(=O)(CO[C@]1(CC)C=C[C@H](n2ccc(N)nc2=O)C1)OCC. The fourth-order valence-corrected chi connectivity index (χ4v) is 4.26. The lowest BCUT2D eigenvalue weighted by atomic mass is 9.99. The topological polar surface area (TPSA) is 106 Å². The molecule has 0 spiro atoms. The molecule has 2 atom stereocenters. The van der Waals surface area contributed by atoms with E-state index in [1.54, 1.807) is 26.1 Å². The van der Waals surface area contributed by atoms with Gasteiger partial charge in [0.15, 0.2) is 0 Å². The smallest absolute Gasteiger partial charge is 0.356 e. The predicted molar refractivity (Wildman–Crippen MR) is 95.5 cm³/mol. The first-order valence-corrected chi connectivity index (χ1v) is 10.2. The van der Waals surface area contributed by atoms with Gasteiger partial charge >= 0.3 is 13.3 Å². The summed E-state index contributed by atoms with van der Waals surface area (Å²) < 4.78 is 30.6. The molecule has 1 aliphatic carbocycles. The minimum Gasteiger partial charge on any atom is -0.383 e. The van der Waals surface area contributed by atoms with Gasteiger partial charge < -0.3 is 19.5 Å². The molecule has 1 aromatic rings. The fraction of sp³-hybridized carbons (Fsp3) is 0.625. The number of nitrogens with two attached hydrogens (primary N) is 1. The largest absolute Gasteiger partial charge is 0.383 e. The average Bonchev–Trinajstić information content (AvgIpc) is 2.98. The van der Waals surface area contributed by atoms with E-state index in [1.807, 2.05) is 19.1 Å². The van der Waals surface area contributed by atoms with Crippen molar-refractivity contribution in [3.8, 4) is 0 Å². The number of aromatic nitrogens is 2. The molecule has 9 heteroatoms. The van der Waals surface area contributed by atoms with E-state index < -0.39 is 18.9 Å². The lowest BCUT2D eigenvalue weighted by molar-refractivity contribution is -0.00155. The van der Waals surface area contributed by atoms with E-state index in [4.69, 9.17) is 19.5 Å². The second-order valence-corrected chi connectivity index (χ2v) is 7.81. The first-order valence-electron chi connectivity index (χ1n) is 8.43.